The molecule has 0 aliphatic heterocycles. The lowest BCUT2D eigenvalue weighted by atomic mass is 10.0. The molecule has 0 saturated carbocycles. The molecule has 0 spiro atoms. The number of unbranched alkanes of at least 4 members (excludes halogenated alkanes) is 47. The molecular formula is C77H140O6. The first kappa shape index (κ1) is 80.1. The van der Waals surface area contributed by atoms with Crippen LogP contribution in [0, 0.1) is 0 Å². The van der Waals surface area contributed by atoms with Gasteiger partial charge in [-0.2, -0.15) is 0 Å². The molecule has 0 rings (SSSR count). The van der Waals surface area contributed by atoms with Gasteiger partial charge in [0, 0.05) is 19.3 Å². The van der Waals surface area contributed by atoms with Gasteiger partial charge < -0.3 is 14.2 Å². The first-order valence-electron chi connectivity index (χ1n) is 36.8. The minimum absolute atomic E-state index is 0.0691. The zero-order valence-corrected chi connectivity index (χ0v) is 55.7. The Bertz CT molecular complexity index is 1470. The molecule has 0 heterocycles. The number of hydrogen-bond acceptors (Lipinski definition) is 6. The molecule has 0 fully saturated rings. The van der Waals surface area contributed by atoms with Gasteiger partial charge in [-0.1, -0.05) is 370 Å². The van der Waals surface area contributed by atoms with E-state index < -0.39 is 6.10 Å². The first-order chi connectivity index (χ1) is 41.0. The van der Waals surface area contributed by atoms with Gasteiger partial charge in [-0.25, -0.2) is 0 Å². The Labute approximate surface area is 517 Å². The summed E-state index contributed by atoms with van der Waals surface area (Å²) in [6.45, 7) is 6.51. The van der Waals surface area contributed by atoms with Crippen molar-refractivity contribution in [2.24, 2.45) is 0 Å². The van der Waals surface area contributed by atoms with Crippen molar-refractivity contribution in [2.75, 3.05) is 13.2 Å². The average Bonchev–Trinajstić information content (AvgIpc) is 3.49. The summed E-state index contributed by atoms with van der Waals surface area (Å²) in [5, 5.41) is 0. The Morgan fingerprint density at radius 2 is 0.470 bits per heavy atom. The molecule has 83 heavy (non-hydrogen) atoms. The summed E-state index contributed by atoms with van der Waals surface area (Å²) < 4.78 is 16.8. The smallest absolute Gasteiger partial charge is 0.306 e. The molecule has 0 N–H and O–H groups in total. The molecule has 0 aromatic rings. The second-order valence-corrected chi connectivity index (χ2v) is 24.8. The number of hydrogen-bond donors (Lipinski definition) is 0. The van der Waals surface area contributed by atoms with Crippen LogP contribution in [-0.4, -0.2) is 37.2 Å². The largest absolute Gasteiger partial charge is 0.462 e. The van der Waals surface area contributed by atoms with Crippen LogP contribution in [0.3, 0.4) is 0 Å². The predicted octanol–water partition coefficient (Wildman–Crippen LogP) is 25.5. The predicted molar refractivity (Wildman–Crippen MR) is 362 cm³/mol. The van der Waals surface area contributed by atoms with Gasteiger partial charge in [-0.15, -0.1) is 0 Å². The maximum absolute atomic E-state index is 12.9. The second-order valence-electron chi connectivity index (χ2n) is 24.8. The second kappa shape index (κ2) is 71.6. The molecule has 0 aliphatic rings. The van der Waals surface area contributed by atoms with Gasteiger partial charge in [0.2, 0.25) is 0 Å². The summed E-state index contributed by atoms with van der Waals surface area (Å²) in [5.41, 5.74) is 0. The quantitative estimate of drug-likeness (QED) is 0.0261. The summed E-state index contributed by atoms with van der Waals surface area (Å²) >= 11 is 0. The summed E-state index contributed by atoms with van der Waals surface area (Å²) in [4.78, 5) is 38.1. The van der Waals surface area contributed by atoms with Crippen molar-refractivity contribution < 1.29 is 28.6 Å². The number of carbonyl (C=O) groups excluding carboxylic acids is 3. The molecule has 0 saturated heterocycles. The minimum Gasteiger partial charge on any atom is -0.462 e. The van der Waals surface area contributed by atoms with Crippen molar-refractivity contribution in [1.29, 1.82) is 0 Å². The number of esters is 3. The third-order valence-electron chi connectivity index (χ3n) is 16.5. The maximum atomic E-state index is 12.9. The minimum atomic E-state index is -0.768. The third kappa shape index (κ3) is 69.8. The van der Waals surface area contributed by atoms with Crippen LogP contribution in [0.2, 0.25) is 0 Å². The molecule has 0 aromatic carbocycles. The van der Waals surface area contributed by atoms with Gasteiger partial charge in [0.15, 0.2) is 6.10 Å². The van der Waals surface area contributed by atoms with E-state index in [2.05, 4.69) is 81.5 Å². The summed E-state index contributed by atoms with van der Waals surface area (Å²) in [6, 6.07) is 0. The fourth-order valence-electron chi connectivity index (χ4n) is 11.1. The van der Waals surface area contributed by atoms with E-state index in [0.717, 1.165) is 96.3 Å². The van der Waals surface area contributed by atoms with Crippen molar-refractivity contribution in [2.45, 2.75) is 399 Å². The van der Waals surface area contributed by atoms with Crippen LogP contribution in [0.25, 0.3) is 0 Å². The highest BCUT2D eigenvalue weighted by Crippen LogP contribution is 2.19. The fourth-order valence-corrected chi connectivity index (χ4v) is 11.1. The highest BCUT2D eigenvalue weighted by Gasteiger charge is 2.19. The van der Waals surface area contributed by atoms with Gasteiger partial charge in [-0.3, -0.25) is 14.4 Å². The molecular weight excluding hydrogens is 1020 g/mol. The van der Waals surface area contributed by atoms with E-state index >= 15 is 0 Å². The Morgan fingerprint density at radius 1 is 0.253 bits per heavy atom. The van der Waals surface area contributed by atoms with Crippen molar-refractivity contribution in [3.63, 3.8) is 0 Å². The Kier molecular flexibility index (Phi) is 69.1. The highest BCUT2D eigenvalue weighted by atomic mass is 16.6. The average molecular weight is 1160 g/mol. The van der Waals surface area contributed by atoms with E-state index in [4.69, 9.17) is 14.2 Å². The van der Waals surface area contributed by atoms with Crippen molar-refractivity contribution in [3.8, 4) is 0 Å². The Morgan fingerprint density at radius 3 is 0.735 bits per heavy atom. The first-order valence-corrected chi connectivity index (χ1v) is 36.8. The molecule has 0 aromatic heterocycles. The fraction of sp³-hybridized carbons (Fsp3) is 0.831. The SMILES string of the molecule is CC/C=C\C/C=C\C/C=C\C/C=C\C/C=C\CCCCCCCCCCCCCCCCCC(=O)OCC(COC(=O)CCCCCCC)OC(=O)CCCCCCCCCCCCCCCCCCCCCCCCCCCCCCC. The number of rotatable bonds is 68. The topological polar surface area (TPSA) is 78.9 Å². The number of ether oxygens (including phenoxy) is 3. The van der Waals surface area contributed by atoms with Crippen LogP contribution in [0.4, 0.5) is 0 Å². The van der Waals surface area contributed by atoms with Crippen LogP contribution >= 0.6 is 0 Å². The lowest BCUT2D eigenvalue weighted by Crippen LogP contribution is -2.30. The van der Waals surface area contributed by atoms with Gasteiger partial charge in [-0.05, 0) is 64.2 Å². The summed E-state index contributed by atoms with van der Waals surface area (Å²) in [5.74, 6) is -0.859. The van der Waals surface area contributed by atoms with Crippen LogP contribution < -0.4 is 0 Å². The molecule has 0 amide bonds. The van der Waals surface area contributed by atoms with Gasteiger partial charge in [0.1, 0.15) is 13.2 Å². The van der Waals surface area contributed by atoms with E-state index in [1.165, 1.54) is 257 Å². The molecule has 6 nitrogen and oxygen atoms in total. The van der Waals surface area contributed by atoms with Gasteiger partial charge in [0.25, 0.3) is 0 Å². The van der Waals surface area contributed by atoms with Crippen LogP contribution in [0.15, 0.2) is 60.8 Å². The lowest BCUT2D eigenvalue weighted by molar-refractivity contribution is -0.167. The van der Waals surface area contributed by atoms with Gasteiger partial charge in [0.05, 0.1) is 0 Å². The molecule has 484 valence electrons. The van der Waals surface area contributed by atoms with Crippen molar-refractivity contribution in [1.82, 2.24) is 0 Å². The van der Waals surface area contributed by atoms with Crippen LogP contribution in [0.1, 0.15) is 393 Å². The molecule has 0 aliphatic carbocycles. The van der Waals surface area contributed by atoms with E-state index in [-0.39, 0.29) is 31.1 Å². The van der Waals surface area contributed by atoms with E-state index in [9.17, 15) is 14.4 Å². The van der Waals surface area contributed by atoms with Crippen molar-refractivity contribution in [3.05, 3.63) is 60.8 Å². The maximum Gasteiger partial charge on any atom is 0.306 e. The van der Waals surface area contributed by atoms with Crippen LogP contribution in [-0.2, 0) is 28.6 Å². The Balaban J connectivity index is 3.91. The normalized spacial score (nSPS) is 12.4. The zero-order valence-electron chi connectivity index (χ0n) is 55.7. The number of allylic oxidation sites excluding steroid dienone is 10. The number of carbonyl (C=O) groups is 3. The monoisotopic (exact) mass is 1160 g/mol. The summed E-state index contributed by atoms with van der Waals surface area (Å²) in [7, 11) is 0. The lowest BCUT2D eigenvalue weighted by Gasteiger charge is -2.18. The molecule has 0 radical (unpaired) electrons. The highest BCUT2D eigenvalue weighted by molar-refractivity contribution is 5.71. The van der Waals surface area contributed by atoms with E-state index in [0.29, 0.717) is 19.3 Å². The zero-order chi connectivity index (χ0) is 59.9. The van der Waals surface area contributed by atoms with Crippen molar-refractivity contribution >= 4 is 17.9 Å². The summed E-state index contributed by atoms with van der Waals surface area (Å²) in [6.07, 6.45) is 93.3. The third-order valence-corrected chi connectivity index (χ3v) is 16.5. The Hall–Kier alpha value is -2.89. The molecule has 1 atom stereocenters. The van der Waals surface area contributed by atoms with Gasteiger partial charge >= 0.3 is 17.9 Å². The van der Waals surface area contributed by atoms with E-state index in [1.54, 1.807) is 0 Å². The van der Waals surface area contributed by atoms with E-state index in [1.807, 2.05) is 0 Å². The van der Waals surface area contributed by atoms with Crippen LogP contribution in [0.5, 0.6) is 0 Å². The molecule has 0 bridgehead atoms. The standard InChI is InChI=1S/C77H140O6/c1-4-7-10-13-15-17-19-21-23-25-27-29-31-33-35-37-38-40-41-43-45-47-49-51-53-55-57-59-61-64-67-70-76(79)82-73-74(72-81-75(78)69-66-63-12-9-6-3)83-77(80)71-68-65-62-60-58-56-54-52-50-48-46-44-42-39-36-34-32-30-28-26-24-22-20-18-16-14-11-8-5-2/h7,10,15,17,21,23,27,29,33,35,74H,4-6,8-9,11-14,16,18-20,22,24-26,28,30-32,34,36-73H2,1-3H3/b10-7-,17-15-,23-21-,29-27-,35-33-. The molecule has 1 unspecified atom stereocenters. The molecule has 6 heteroatoms.